The van der Waals surface area contributed by atoms with Crippen LogP contribution in [0.3, 0.4) is 0 Å². The molecule has 0 bridgehead atoms. The normalized spacial score (nSPS) is 15.2. The number of anilines is 2. The predicted octanol–water partition coefficient (Wildman–Crippen LogP) is 3.45. The molecule has 0 fully saturated rings. The number of rotatable bonds is 7. The zero-order chi connectivity index (χ0) is 23.8. The molecule has 0 spiro atoms. The summed E-state index contributed by atoms with van der Waals surface area (Å²) in [6.45, 7) is 4.06. The molecule has 0 saturated heterocycles. The van der Waals surface area contributed by atoms with Crippen LogP contribution in [-0.2, 0) is 21.2 Å². The molecule has 4 rings (SSSR count). The number of thioether (sulfide) groups is 1. The molecule has 1 amide bonds. The molecule has 0 aliphatic heterocycles. The van der Waals surface area contributed by atoms with Crippen molar-refractivity contribution in [3.05, 3.63) is 34.8 Å². The Bertz CT molecular complexity index is 1310. The SMILES string of the molecule is CC1(C)CC(=O)c2sc(NC(=O)CSc3nnc(-c4ccc(NS(C)(=O)=O)cc4)o3)nc2C1. The van der Waals surface area contributed by atoms with Crippen LogP contribution in [0.2, 0.25) is 0 Å². The lowest BCUT2D eigenvalue weighted by molar-refractivity contribution is -0.113. The van der Waals surface area contributed by atoms with Gasteiger partial charge in [-0.15, -0.1) is 10.2 Å². The van der Waals surface area contributed by atoms with Crippen molar-refractivity contribution < 1.29 is 22.4 Å². The van der Waals surface area contributed by atoms with Crippen LogP contribution in [0, 0.1) is 5.41 Å². The van der Waals surface area contributed by atoms with E-state index in [-0.39, 0.29) is 34.0 Å². The van der Waals surface area contributed by atoms with Crippen LogP contribution in [-0.4, -0.2) is 47.3 Å². The summed E-state index contributed by atoms with van der Waals surface area (Å²) in [5, 5.41) is 11.2. The molecule has 33 heavy (non-hydrogen) atoms. The number of Topliss-reactive ketones (excluding diaryl/α,β-unsaturated/α-hetero) is 1. The van der Waals surface area contributed by atoms with Crippen molar-refractivity contribution in [2.75, 3.05) is 22.0 Å². The second kappa shape index (κ2) is 8.88. The van der Waals surface area contributed by atoms with Gasteiger partial charge in [-0.1, -0.05) is 36.9 Å². The number of hydrogen-bond acceptors (Lipinski definition) is 10. The fourth-order valence-corrected chi connectivity index (χ4v) is 5.40. The van der Waals surface area contributed by atoms with Gasteiger partial charge in [0.1, 0.15) is 0 Å². The largest absolute Gasteiger partial charge is 0.411 e. The van der Waals surface area contributed by atoms with Crippen molar-refractivity contribution in [1.82, 2.24) is 15.2 Å². The van der Waals surface area contributed by atoms with Crippen LogP contribution in [0.5, 0.6) is 0 Å². The minimum absolute atomic E-state index is 0.0303. The maximum absolute atomic E-state index is 12.3. The summed E-state index contributed by atoms with van der Waals surface area (Å²) in [6.07, 6.45) is 2.24. The first kappa shape index (κ1) is 23.4. The molecule has 2 N–H and O–H groups in total. The maximum atomic E-state index is 12.3. The third-order valence-electron chi connectivity index (χ3n) is 4.65. The third kappa shape index (κ3) is 5.97. The first-order valence-electron chi connectivity index (χ1n) is 9.85. The Morgan fingerprint density at radius 3 is 2.64 bits per heavy atom. The quantitative estimate of drug-likeness (QED) is 0.459. The number of nitrogens with one attached hydrogen (secondary N) is 2. The number of amides is 1. The summed E-state index contributed by atoms with van der Waals surface area (Å²) < 4.78 is 30.5. The van der Waals surface area contributed by atoms with Gasteiger partial charge in [-0.3, -0.25) is 14.3 Å². The van der Waals surface area contributed by atoms with Crippen molar-refractivity contribution >= 4 is 55.6 Å². The van der Waals surface area contributed by atoms with Gasteiger partial charge in [0.15, 0.2) is 10.9 Å². The minimum atomic E-state index is -3.36. The standard InChI is InChI=1S/C20H21N5O5S3/c1-20(2)8-13-16(14(26)9-20)32-18(21-13)22-15(27)10-31-19-24-23-17(30-19)11-4-6-12(7-5-11)25-33(3,28)29/h4-7,25H,8-10H2,1-3H3,(H,21,22,27). The highest BCUT2D eigenvalue weighted by Gasteiger charge is 2.34. The summed E-state index contributed by atoms with van der Waals surface area (Å²) in [5.74, 6) is 0.0427. The molecule has 1 aromatic carbocycles. The van der Waals surface area contributed by atoms with Crippen LogP contribution in [0.15, 0.2) is 33.9 Å². The Kier molecular flexibility index (Phi) is 6.29. The number of carbonyl (C=O) groups is 2. The molecule has 2 heterocycles. The van der Waals surface area contributed by atoms with Gasteiger partial charge >= 0.3 is 0 Å². The van der Waals surface area contributed by atoms with Crippen molar-refractivity contribution in [2.24, 2.45) is 5.41 Å². The van der Waals surface area contributed by atoms with Gasteiger partial charge in [0.25, 0.3) is 5.22 Å². The first-order chi connectivity index (χ1) is 15.5. The molecule has 0 unspecified atom stereocenters. The third-order valence-corrected chi connectivity index (χ3v) is 7.13. The Morgan fingerprint density at radius 2 is 1.94 bits per heavy atom. The van der Waals surface area contributed by atoms with Gasteiger partial charge in [-0.25, -0.2) is 13.4 Å². The van der Waals surface area contributed by atoms with Crippen LogP contribution < -0.4 is 10.0 Å². The van der Waals surface area contributed by atoms with E-state index in [0.29, 0.717) is 34.1 Å². The van der Waals surface area contributed by atoms with E-state index in [1.54, 1.807) is 24.3 Å². The molecule has 1 aliphatic rings. The van der Waals surface area contributed by atoms with Gasteiger partial charge in [0.2, 0.25) is 21.8 Å². The van der Waals surface area contributed by atoms with Gasteiger partial charge in [-0.05, 0) is 36.1 Å². The van der Waals surface area contributed by atoms with Gasteiger partial charge in [0.05, 0.1) is 22.6 Å². The lowest BCUT2D eigenvalue weighted by Crippen LogP contribution is -2.26. The number of thiazole rings is 1. The molecule has 0 atom stereocenters. The minimum Gasteiger partial charge on any atom is -0.411 e. The zero-order valence-corrected chi connectivity index (χ0v) is 20.5. The summed E-state index contributed by atoms with van der Waals surface area (Å²) >= 11 is 2.28. The molecule has 10 nitrogen and oxygen atoms in total. The van der Waals surface area contributed by atoms with E-state index in [2.05, 4.69) is 25.2 Å². The molecule has 13 heteroatoms. The molecule has 0 radical (unpaired) electrons. The number of benzene rings is 1. The summed E-state index contributed by atoms with van der Waals surface area (Å²) in [7, 11) is -3.36. The van der Waals surface area contributed by atoms with E-state index < -0.39 is 10.0 Å². The number of ketones is 1. The molecular formula is C20H21N5O5S3. The lowest BCUT2D eigenvalue weighted by atomic mass is 9.78. The fourth-order valence-electron chi connectivity index (χ4n) is 3.34. The zero-order valence-electron chi connectivity index (χ0n) is 18.0. The van der Waals surface area contributed by atoms with Crippen molar-refractivity contribution in [1.29, 1.82) is 0 Å². The Morgan fingerprint density at radius 1 is 1.21 bits per heavy atom. The number of aromatic nitrogens is 3. The monoisotopic (exact) mass is 507 g/mol. The van der Waals surface area contributed by atoms with Crippen LogP contribution >= 0.6 is 23.1 Å². The van der Waals surface area contributed by atoms with E-state index in [1.165, 1.54) is 11.3 Å². The number of fused-ring (bicyclic) bond motifs is 1. The van der Waals surface area contributed by atoms with Crippen LogP contribution in [0.1, 0.15) is 35.6 Å². The van der Waals surface area contributed by atoms with Crippen molar-refractivity contribution in [3.63, 3.8) is 0 Å². The summed E-state index contributed by atoms with van der Waals surface area (Å²) in [5.41, 5.74) is 1.64. The fraction of sp³-hybridized carbons (Fsp3) is 0.350. The van der Waals surface area contributed by atoms with E-state index >= 15 is 0 Å². The average molecular weight is 508 g/mol. The topological polar surface area (TPSA) is 144 Å². The predicted molar refractivity (Wildman–Crippen MR) is 126 cm³/mol. The van der Waals surface area contributed by atoms with Crippen LogP contribution in [0.4, 0.5) is 10.8 Å². The summed E-state index contributed by atoms with van der Waals surface area (Å²) in [6, 6.07) is 6.46. The lowest BCUT2D eigenvalue weighted by Gasteiger charge is -2.26. The average Bonchev–Trinajstić information content (AvgIpc) is 3.32. The van der Waals surface area contributed by atoms with E-state index in [1.807, 2.05) is 13.8 Å². The Balaban J connectivity index is 1.33. The van der Waals surface area contributed by atoms with Crippen molar-refractivity contribution in [2.45, 2.75) is 31.9 Å². The Labute approximate surface area is 198 Å². The van der Waals surface area contributed by atoms with E-state index in [0.717, 1.165) is 23.7 Å². The second-order valence-corrected chi connectivity index (χ2v) is 12.1. The highest BCUT2D eigenvalue weighted by Crippen LogP contribution is 2.38. The van der Waals surface area contributed by atoms with Gasteiger partial charge in [0, 0.05) is 17.7 Å². The molecule has 3 aromatic rings. The molecule has 2 aromatic heterocycles. The first-order valence-corrected chi connectivity index (χ1v) is 13.5. The van der Waals surface area contributed by atoms with Crippen LogP contribution in [0.25, 0.3) is 11.5 Å². The highest BCUT2D eigenvalue weighted by molar-refractivity contribution is 7.99. The van der Waals surface area contributed by atoms with E-state index in [9.17, 15) is 18.0 Å². The molecule has 1 aliphatic carbocycles. The molecule has 0 saturated carbocycles. The van der Waals surface area contributed by atoms with Gasteiger partial charge in [-0.2, -0.15) is 0 Å². The molecule has 174 valence electrons. The highest BCUT2D eigenvalue weighted by atomic mass is 32.2. The maximum Gasteiger partial charge on any atom is 0.277 e. The smallest absolute Gasteiger partial charge is 0.277 e. The second-order valence-electron chi connectivity index (χ2n) is 8.40. The van der Waals surface area contributed by atoms with Crippen molar-refractivity contribution in [3.8, 4) is 11.5 Å². The van der Waals surface area contributed by atoms with Gasteiger partial charge < -0.3 is 9.73 Å². The number of sulfonamides is 1. The number of nitrogens with zero attached hydrogens (tertiary/aromatic N) is 3. The van der Waals surface area contributed by atoms with E-state index in [4.69, 9.17) is 4.42 Å². The Hall–Kier alpha value is -2.77. The number of hydrogen-bond donors (Lipinski definition) is 2. The molecular weight excluding hydrogens is 486 g/mol. The summed E-state index contributed by atoms with van der Waals surface area (Å²) in [4.78, 5) is 29.7. The number of carbonyl (C=O) groups excluding carboxylic acids is 2.